The van der Waals surface area contributed by atoms with Gasteiger partial charge in [0.1, 0.15) is 5.41 Å². The van der Waals surface area contributed by atoms with E-state index >= 15 is 0 Å². The first kappa shape index (κ1) is 28.5. The average Bonchev–Trinajstić information content (AvgIpc) is 3.24. The van der Waals surface area contributed by atoms with Crippen molar-refractivity contribution in [2.75, 3.05) is 33.9 Å². The van der Waals surface area contributed by atoms with Gasteiger partial charge in [0.25, 0.3) is 0 Å². The van der Waals surface area contributed by atoms with Crippen LogP contribution in [0, 0.1) is 11.3 Å². The molecule has 4 heteroatoms. The third-order valence-electron chi connectivity index (χ3n) is 9.08. The van der Waals surface area contributed by atoms with Crippen molar-refractivity contribution in [2.45, 2.75) is 31.1 Å². The molecule has 0 bridgehead atoms. The number of piperidine rings is 1. The van der Waals surface area contributed by atoms with Gasteiger partial charge < -0.3 is 14.4 Å². The molecule has 4 nitrogen and oxygen atoms in total. The maximum absolute atomic E-state index is 10.7. The lowest BCUT2D eigenvalue weighted by Gasteiger charge is -2.33. The second-order valence-electron chi connectivity index (χ2n) is 11.4. The number of methoxy groups -OCH3 is 2. The summed E-state index contributed by atoms with van der Waals surface area (Å²) in [5, 5.41) is 10.7. The van der Waals surface area contributed by atoms with E-state index in [-0.39, 0.29) is 0 Å². The summed E-state index contributed by atoms with van der Waals surface area (Å²) in [6, 6.07) is 36.3. The summed E-state index contributed by atoms with van der Waals surface area (Å²) in [5.74, 6) is 1.31. The molecular weight excluding hydrogens is 528 g/mol. The Bertz CT molecular complexity index is 1640. The Labute approximate surface area is 255 Å². The summed E-state index contributed by atoms with van der Waals surface area (Å²) in [5.41, 5.74) is 9.37. The van der Waals surface area contributed by atoms with Gasteiger partial charge in [-0.2, -0.15) is 5.26 Å². The first-order chi connectivity index (χ1) is 21.2. The van der Waals surface area contributed by atoms with Gasteiger partial charge in [0.15, 0.2) is 11.5 Å². The zero-order valence-corrected chi connectivity index (χ0v) is 25.1. The van der Waals surface area contributed by atoms with Gasteiger partial charge in [-0.3, -0.25) is 0 Å². The second-order valence-corrected chi connectivity index (χ2v) is 11.4. The predicted octanol–water partition coefficient (Wildman–Crippen LogP) is 8.38. The molecule has 0 N–H and O–H groups in total. The van der Waals surface area contributed by atoms with E-state index in [1.54, 1.807) is 19.8 Å². The highest BCUT2D eigenvalue weighted by molar-refractivity contribution is 5.94. The van der Waals surface area contributed by atoms with E-state index in [9.17, 15) is 5.26 Å². The number of benzene rings is 4. The Morgan fingerprint density at radius 3 is 1.93 bits per heavy atom. The molecule has 1 fully saturated rings. The quantitative estimate of drug-likeness (QED) is 0.189. The van der Waals surface area contributed by atoms with Crippen LogP contribution in [0.1, 0.15) is 59.1 Å². The largest absolute Gasteiger partial charge is 0.493 e. The first-order valence-electron chi connectivity index (χ1n) is 15.2. The van der Waals surface area contributed by atoms with Crippen LogP contribution in [0.3, 0.4) is 0 Å². The molecule has 0 aromatic heterocycles. The lowest BCUT2D eigenvalue weighted by Crippen LogP contribution is -2.34. The summed E-state index contributed by atoms with van der Waals surface area (Å²) >= 11 is 0. The molecule has 1 aliphatic carbocycles. The van der Waals surface area contributed by atoms with Gasteiger partial charge in [0.05, 0.1) is 20.3 Å². The number of likely N-dealkylation sites (tertiary alicyclic amines) is 1. The molecule has 0 radical (unpaired) electrons. The number of fused-ring (bicyclic) bond motifs is 2. The van der Waals surface area contributed by atoms with Crippen molar-refractivity contribution >= 4 is 17.7 Å². The molecule has 4 aromatic rings. The minimum Gasteiger partial charge on any atom is -0.493 e. The minimum absolute atomic E-state index is 0.643. The topological polar surface area (TPSA) is 45.5 Å². The van der Waals surface area contributed by atoms with Gasteiger partial charge in [-0.25, -0.2) is 0 Å². The van der Waals surface area contributed by atoms with Crippen LogP contribution in [0.25, 0.3) is 17.7 Å². The van der Waals surface area contributed by atoms with Crippen LogP contribution in [0.5, 0.6) is 11.5 Å². The Morgan fingerprint density at radius 2 is 1.33 bits per heavy atom. The molecule has 0 amide bonds. The lowest BCUT2D eigenvalue weighted by molar-refractivity contribution is 0.248. The number of rotatable bonds is 8. The van der Waals surface area contributed by atoms with E-state index < -0.39 is 5.41 Å². The smallest absolute Gasteiger partial charge is 0.161 e. The molecule has 43 heavy (non-hydrogen) atoms. The zero-order chi connectivity index (χ0) is 29.6. The van der Waals surface area contributed by atoms with Crippen LogP contribution in [0.4, 0.5) is 0 Å². The molecule has 1 unspecified atom stereocenters. The second kappa shape index (κ2) is 12.7. The Morgan fingerprint density at radius 1 is 0.721 bits per heavy atom. The third kappa shape index (κ3) is 5.61. The van der Waals surface area contributed by atoms with Gasteiger partial charge in [-0.05, 0) is 83.3 Å². The van der Waals surface area contributed by atoms with Crippen molar-refractivity contribution in [1.29, 1.82) is 5.26 Å². The number of hydrogen-bond donors (Lipinski definition) is 0. The van der Waals surface area contributed by atoms with E-state index in [0.29, 0.717) is 11.5 Å². The molecule has 2 aliphatic rings. The summed E-state index contributed by atoms with van der Waals surface area (Å²) < 4.78 is 11.1. The van der Waals surface area contributed by atoms with Gasteiger partial charge in [0, 0.05) is 13.1 Å². The molecule has 216 valence electrons. The first-order valence-corrected chi connectivity index (χ1v) is 15.2. The number of ether oxygens (including phenoxy) is 2. The van der Waals surface area contributed by atoms with Crippen LogP contribution in [-0.2, 0) is 5.41 Å². The lowest BCUT2D eigenvalue weighted by atomic mass is 9.72. The fraction of sp³-hybridized carbons (Fsp3) is 0.256. The SMILES string of the molecule is COc1ccc(C(C#N)(CCCN2CCC(=C3c4ccccc4C=Cc4ccccc43)CC2)c2ccccc2)cc1OC. The average molecular weight is 567 g/mol. The highest BCUT2D eigenvalue weighted by Gasteiger charge is 2.35. The fourth-order valence-electron chi connectivity index (χ4n) is 6.77. The van der Waals surface area contributed by atoms with E-state index in [1.165, 1.54) is 27.8 Å². The molecule has 4 aromatic carbocycles. The van der Waals surface area contributed by atoms with Crippen molar-refractivity contribution in [1.82, 2.24) is 4.90 Å². The molecule has 1 aliphatic heterocycles. The van der Waals surface area contributed by atoms with Crippen LogP contribution in [0.15, 0.2) is 103 Å². The molecule has 6 rings (SSSR count). The van der Waals surface area contributed by atoms with E-state index in [0.717, 1.165) is 56.4 Å². The Hall–Kier alpha value is -4.59. The van der Waals surface area contributed by atoms with E-state index in [4.69, 9.17) is 9.47 Å². The normalized spacial score (nSPS) is 15.9. The summed E-state index contributed by atoms with van der Waals surface area (Å²) in [6.07, 6.45) is 8.25. The third-order valence-corrected chi connectivity index (χ3v) is 9.08. The van der Waals surface area contributed by atoms with Crippen molar-refractivity contribution in [3.8, 4) is 17.6 Å². The molecule has 0 spiro atoms. The highest BCUT2D eigenvalue weighted by atomic mass is 16.5. The van der Waals surface area contributed by atoms with Crippen molar-refractivity contribution < 1.29 is 9.47 Å². The predicted molar refractivity (Wildman–Crippen MR) is 175 cm³/mol. The summed E-state index contributed by atoms with van der Waals surface area (Å²) in [4.78, 5) is 2.57. The van der Waals surface area contributed by atoms with Gasteiger partial charge >= 0.3 is 0 Å². The standard InChI is InChI=1S/C39H38N2O2/c1-42-36-20-19-33(27-37(36)43-2)39(28-40,32-13-4-3-5-14-32)23-10-24-41-25-21-31(22-26-41)38-34-15-8-6-11-29(34)17-18-30-12-7-9-16-35(30)38/h3-9,11-20,27H,10,21-26H2,1-2H3. The fourth-order valence-corrected chi connectivity index (χ4v) is 6.77. The summed E-state index contributed by atoms with van der Waals surface area (Å²) in [7, 11) is 3.28. The Balaban J connectivity index is 1.21. The van der Waals surface area contributed by atoms with E-state index in [2.05, 4.69) is 83.8 Å². The van der Waals surface area contributed by atoms with Crippen molar-refractivity contribution in [2.24, 2.45) is 0 Å². The van der Waals surface area contributed by atoms with Crippen molar-refractivity contribution in [3.05, 3.63) is 136 Å². The summed E-state index contributed by atoms with van der Waals surface area (Å²) in [6.45, 7) is 3.01. The highest BCUT2D eigenvalue weighted by Crippen LogP contribution is 2.41. The van der Waals surface area contributed by atoms with Crippen LogP contribution in [0.2, 0.25) is 0 Å². The van der Waals surface area contributed by atoms with E-state index in [1.807, 2.05) is 36.4 Å². The molecule has 1 heterocycles. The van der Waals surface area contributed by atoms with Gasteiger partial charge in [-0.15, -0.1) is 0 Å². The minimum atomic E-state index is -0.773. The Kier molecular flexibility index (Phi) is 8.45. The van der Waals surface area contributed by atoms with Crippen LogP contribution in [-0.4, -0.2) is 38.8 Å². The molecule has 1 saturated heterocycles. The maximum Gasteiger partial charge on any atom is 0.161 e. The van der Waals surface area contributed by atoms with Gasteiger partial charge in [0.2, 0.25) is 0 Å². The van der Waals surface area contributed by atoms with Crippen LogP contribution < -0.4 is 9.47 Å². The van der Waals surface area contributed by atoms with Crippen molar-refractivity contribution in [3.63, 3.8) is 0 Å². The number of nitriles is 1. The molecule has 1 atom stereocenters. The van der Waals surface area contributed by atoms with Crippen LogP contribution >= 0.6 is 0 Å². The number of nitrogens with zero attached hydrogens (tertiary/aromatic N) is 2. The number of hydrogen-bond acceptors (Lipinski definition) is 4. The zero-order valence-electron chi connectivity index (χ0n) is 25.1. The van der Waals surface area contributed by atoms with Gasteiger partial charge in [-0.1, -0.05) is 103 Å². The molecule has 0 saturated carbocycles. The maximum atomic E-state index is 10.7. The molecular formula is C39H38N2O2. The monoisotopic (exact) mass is 566 g/mol.